The van der Waals surface area contributed by atoms with E-state index in [-0.39, 0.29) is 6.04 Å². The smallest absolute Gasteiger partial charge is 0.150 e. The van der Waals surface area contributed by atoms with E-state index in [1.54, 1.807) is 0 Å². The number of nitrogens with zero attached hydrogens (tertiary/aromatic N) is 1. The number of hydrogen-bond acceptors (Lipinski definition) is 4. The van der Waals surface area contributed by atoms with E-state index < -0.39 is 0 Å². The van der Waals surface area contributed by atoms with E-state index in [0.717, 1.165) is 11.5 Å². The van der Waals surface area contributed by atoms with E-state index in [4.69, 9.17) is 9.26 Å². The van der Waals surface area contributed by atoms with Gasteiger partial charge in [0.15, 0.2) is 5.76 Å². The largest absolute Gasteiger partial charge is 0.375 e. The van der Waals surface area contributed by atoms with Crippen molar-refractivity contribution >= 4 is 0 Å². The van der Waals surface area contributed by atoms with Gasteiger partial charge in [-0.2, -0.15) is 0 Å². The maximum absolute atomic E-state index is 5.59. The summed E-state index contributed by atoms with van der Waals surface area (Å²) in [6.45, 7) is 4.00. The molecule has 4 heteroatoms. The van der Waals surface area contributed by atoms with Gasteiger partial charge in [-0.05, 0) is 18.1 Å². The predicted octanol–water partition coefficient (Wildman–Crippen LogP) is 2.34. The van der Waals surface area contributed by atoms with E-state index in [2.05, 4.69) is 28.7 Å². The highest BCUT2D eigenvalue weighted by molar-refractivity contribution is 5.31. The number of benzene rings is 1. The van der Waals surface area contributed by atoms with Crippen LogP contribution in [-0.4, -0.2) is 11.8 Å². The van der Waals surface area contributed by atoms with Crippen LogP contribution in [0.3, 0.4) is 0 Å². The fourth-order valence-electron chi connectivity index (χ4n) is 2.27. The molecule has 1 aromatic carbocycles. The van der Waals surface area contributed by atoms with Gasteiger partial charge in [-0.15, -0.1) is 0 Å². The van der Waals surface area contributed by atoms with Crippen LogP contribution in [0, 0.1) is 6.92 Å². The third kappa shape index (κ3) is 2.30. The fourth-order valence-corrected chi connectivity index (χ4v) is 2.27. The van der Waals surface area contributed by atoms with Crippen molar-refractivity contribution in [1.82, 2.24) is 10.5 Å². The molecule has 2 aromatic rings. The number of aromatic nitrogens is 1. The molecule has 3 rings (SSSR count). The van der Waals surface area contributed by atoms with Gasteiger partial charge < -0.3 is 14.6 Å². The van der Waals surface area contributed by atoms with Crippen LogP contribution in [0.15, 0.2) is 34.9 Å². The summed E-state index contributed by atoms with van der Waals surface area (Å²) >= 11 is 0. The Balaban J connectivity index is 1.71. The molecule has 0 spiro atoms. The van der Waals surface area contributed by atoms with Crippen LogP contribution in [0.4, 0.5) is 0 Å². The van der Waals surface area contributed by atoms with E-state index >= 15 is 0 Å². The summed E-state index contributed by atoms with van der Waals surface area (Å²) in [6.07, 6.45) is 0. The summed E-state index contributed by atoms with van der Waals surface area (Å²) in [5.41, 5.74) is 3.49. The van der Waals surface area contributed by atoms with E-state index in [9.17, 15) is 0 Å². The maximum Gasteiger partial charge on any atom is 0.150 e. The molecule has 0 aliphatic carbocycles. The van der Waals surface area contributed by atoms with Crippen molar-refractivity contribution in [3.63, 3.8) is 0 Å². The topological polar surface area (TPSA) is 47.3 Å². The minimum Gasteiger partial charge on any atom is -0.375 e. The summed E-state index contributed by atoms with van der Waals surface area (Å²) in [5, 5.41) is 7.33. The standard InChI is InChI=1S/C14H16N2O2/c1-10-6-12(18-16-10)7-15-14-9-17-8-11-4-2-3-5-13(11)14/h2-6,14-15H,7-9H2,1H3. The summed E-state index contributed by atoms with van der Waals surface area (Å²) < 4.78 is 10.8. The van der Waals surface area contributed by atoms with Gasteiger partial charge in [0.25, 0.3) is 0 Å². The highest BCUT2D eigenvalue weighted by Gasteiger charge is 2.20. The Kier molecular flexibility index (Phi) is 3.13. The number of aryl methyl sites for hydroxylation is 1. The maximum atomic E-state index is 5.59. The van der Waals surface area contributed by atoms with E-state index in [1.165, 1.54) is 11.1 Å². The Morgan fingerprint density at radius 3 is 3.11 bits per heavy atom. The molecule has 0 amide bonds. The minimum atomic E-state index is 0.223. The first-order chi connectivity index (χ1) is 8.83. The number of fused-ring (bicyclic) bond motifs is 1. The third-order valence-electron chi connectivity index (χ3n) is 3.17. The van der Waals surface area contributed by atoms with Gasteiger partial charge in [-0.3, -0.25) is 0 Å². The van der Waals surface area contributed by atoms with E-state index in [0.29, 0.717) is 19.8 Å². The molecule has 2 heterocycles. The monoisotopic (exact) mass is 244 g/mol. The van der Waals surface area contributed by atoms with Crippen LogP contribution < -0.4 is 5.32 Å². The Hall–Kier alpha value is -1.65. The molecule has 1 aromatic heterocycles. The lowest BCUT2D eigenvalue weighted by Gasteiger charge is -2.26. The van der Waals surface area contributed by atoms with Gasteiger partial charge in [-0.25, -0.2) is 0 Å². The predicted molar refractivity (Wildman–Crippen MR) is 66.9 cm³/mol. The van der Waals surface area contributed by atoms with Gasteiger partial charge >= 0.3 is 0 Å². The van der Waals surface area contributed by atoms with Crippen LogP contribution in [0.5, 0.6) is 0 Å². The summed E-state index contributed by atoms with van der Waals surface area (Å²) in [6, 6.07) is 10.5. The zero-order valence-corrected chi connectivity index (χ0v) is 10.3. The molecule has 0 radical (unpaired) electrons. The number of rotatable bonds is 3. The molecule has 1 N–H and O–H groups in total. The second-order valence-electron chi connectivity index (χ2n) is 4.58. The summed E-state index contributed by atoms with van der Waals surface area (Å²) in [5.74, 6) is 0.857. The lowest BCUT2D eigenvalue weighted by atomic mass is 9.99. The van der Waals surface area contributed by atoms with Crippen LogP contribution in [0.25, 0.3) is 0 Å². The highest BCUT2D eigenvalue weighted by atomic mass is 16.5. The van der Waals surface area contributed by atoms with Crippen molar-refractivity contribution in [3.05, 3.63) is 52.9 Å². The van der Waals surface area contributed by atoms with Gasteiger partial charge in [0.2, 0.25) is 0 Å². The van der Waals surface area contributed by atoms with Crippen molar-refractivity contribution in [2.24, 2.45) is 0 Å². The Labute approximate surface area is 106 Å². The molecule has 0 bridgehead atoms. The molecule has 1 aliphatic heterocycles. The number of hydrogen-bond donors (Lipinski definition) is 1. The second-order valence-corrected chi connectivity index (χ2v) is 4.58. The van der Waals surface area contributed by atoms with Gasteiger partial charge in [-0.1, -0.05) is 29.4 Å². The zero-order valence-electron chi connectivity index (χ0n) is 10.3. The number of nitrogens with one attached hydrogen (secondary N) is 1. The Bertz CT molecular complexity index is 536. The third-order valence-corrected chi connectivity index (χ3v) is 3.17. The molecule has 4 nitrogen and oxygen atoms in total. The quantitative estimate of drug-likeness (QED) is 0.900. The molecule has 94 valence electrons. The molecule has 0 saturated heterocycles. The molecular formula is C14H16N2O2. The first-order valence-electron chi connectivity index (χ1n) is 6.14. The Morgan fingerprint density at radius 2 is 2.28 bits per heavy atom. The summed E-state index contributed by atoms with van der Waals surface area (Å²) in [4.78, 5) is 0. The summed E-state index contributed by atoms with van der Waals surface area (Å²) in [7, 11) is 0. The van der Waals surface area contributed by atoms with Crippen LogP contribution in [-0.2, 0) is 17.9 Å². The molecule has 1 aliphatic rings. The molecule has 0 saturated carbocycles. The molecule has 18 heavy (non-hydrogen) atoms. The molecule has 1 unspecified atom stereocenters. The molecular weight excluding hydrogens is 228 g/mol. The number of ether oxygens (including phenoxy) is 1. The van der Waals surface area contributed by atoms with Gasteiger partial charge in [0, 0.05) is 6.07 Å². The highest BCUT2D eigenvalue weighted by Crippen LogP contribution is 2.24. The van der Waals surface area contributed by atoms with Crippen molar-refractivity contribution < 1.29 is 9.26 Å². The zero-order chi connectivity index (χ0) is 12.4. The van der Waals surface area contributed by atoms with Crippen molar-refractivity contribution in [1.29, 1.82) is 0 Å². The average Bonchev–Trinajstić information content (AvgIpc) is 2.82. The van der Waals surface area contributed by atoms with Crippen LogP contribution in [0.1, 0.15) is 28.6 Å². The van der Waals surface area contributed by atoms with Gasteiger partial charge in [0.1, 0.15) is 0 Å². The second kappa shape index (κ2) is 4.92. The Morgan fingerprint density at radius 1 is 1.39 bits per heavy atom. The van der Waals surface area contributed by atoms with Crippen LogP contribution in [0.2, 0.25) is 0 Å². The lowest BCUT2D eigenvalue weighted by Crippen LogP contribution is -2.29. The lowest BCUT2D eigenvalue weighted by molar-refractivity contribution is 0.0809. The average molecular weight is 244 g/mol. The normalized spacial score (nSPS) is 18.6. The fraction of sp³-hybridized carbons (Fsp3) is 0.357. The SMILES string of the molecule is Cc1cc(CNC2COCc3ccccc32)on1. The van der Waals surface area contributed by atoms with Crippen molar-refractivity contribution in [3.8, 4) is 0 Å². The first kappa shape index (κ1) is 11.4. The minimum absolute atomic E-state index is 0.223. The molecule has 0 fully saturated rings. The first-order valence-corrected chi connectivity index (χ1v) is 6.14. The van der Waals surface area contributed by atoms with E-state index in [1.807, 2.05) is 19.1 Å². The van der Waals surface area contributed by atoms with Crippen LogP contribution >= 0.6 is 0 Å². The van der Waals surface area contributed by atoms with Crippen molar-refractivity contribution in [2.45, 2.75) is 26.1 Å². The van der Waals surface area contributed by atoms with Gasteiger partial charge in [0.05, 0.1) is 31.5 Å². The van der Waals surface area contributed by atoms with Crippen molar-refractivity contribution in [2.75, 3.05) is 6.61 Å². The molecule has 1 atom stereocenters.